The Labute approximate surface area is 153 Å². The van der Waals surface area contributed by atoms with Gasteiger partial charge in [-0.25, -0.2) is 0 Å². The molecule has 2 N–H and O–H groups in total. The van der Waals surface area contributed by atoms with E-state index < -0.39 is 0 Å². The van der Waals surface area contributed by atoms with Crippen LogP contribution in [-0.2, 0) is 5.41 Å². The van der Waals surface area contributed by atoms with Gasteiger partial charge in [-0.05, 0) is 46.9 Å². The summed E-state index contributed by atoms with van der Waals surface area (Å²) in [5, 5.41) is 12.9. The molecule has 4 aromatic rings. The van der Waals surface area contributed by atoms with Crippen molar-refractivity contribution in [2.24, 2.45) is 0 Å². The molecule has 4 heteroatoms. The van der Waals surface area contributed by atoms with E-state index in [0.717, 1.165) is 33.5 Å². The molecule has 0 radical (unpaired) electrons. The van der Waals surface area contributed by atoms with Gasteiger partial charge in [-0.15, -0.1) is 5.10 Å². The van der Waals surface area contributed by atoms with Crippen molar-refractivity contribution < 1.29 is 0 Å². The lowest BCUT2D eigenvalue weighted by atomic mass is 9.86. The van der Waals surface area contributed by atoms with Gasteiger partial charge in [0.05, 0.1) is 6.20 Å². The standard InChI is InChI=1S/C22H22N4/c1-22(2,3)18-6-4-15(5-7-18)17-13-21(26-24-14-17)25-19-8-9-20-16(12-19)10-11-23-20/h4-14,23H,1-3H3,(H,25,26). The average Bonchev–Trinajstić information content (AvgIpc) is 3.09. The molecule has 0 aliphatic heterocycles. The zero-order valence-corrected chi connectivity index (χ0v) is 15.2. The van der Waals surface area contributed by atoms with Gasteiger partial charge in [0.1, 0.15) is 0 Å². The minimum atomic E-state index is 0.151. The molecule has 0 aliphatic carbocycles. The Kier molecular flexibility index (Phi) is 3.96. The Morgan fingerprint density at radius 2 is 1.69 bits per heavy atom. The van der Waals surface area contributed by atoms with Gasteiger partial charge in [0.25, 0.3) is 0 Å². The van der Waals surface area contributed by atoms with Crippen molar-refractivity contribution in [1.29, 1.82) is 0 Å². The maximum Gasteiger partial charge on any atom is 0.153 e. The summed E-state index contributed by atoms with van der Waals surface area (Å²) in [5.74, 6) is 0.734. The fourth-order valence-corrected chi connectivity index (χ4v) is 3.03. The molecule has 4 rings (SSSR count). The summed E-state index contributed by atoms with van der Waals surface area (Å²) < 4.78 is 0. The van der Waals surface area contributed by atoms with Crippen molar-refractivity contribution in [3.63, 3.8) is 0 Å². The first-order chi connectivity index (χ1) is 12.5. The third-order valence-corrected chi connectivity index (χ3v) is 4.56. The summed E-state index contributed by atoms with van der Waals surface area (Å²) in [7, 11) is 0. The van der Waals surface area contributed by atoms with Crippen molar-refractivity contribution in [2.45, 2.75) is 26.2 Å². The Morgan fingerprint density at radius 1 is 0.885 bits per heavy atom. The maximum atomic E-state index is 4.22. The van der Waals surface area contributed by atoms with E-state index in [1.165, 1.54) is 5.56 Å². The minimum absolute atomic E-state index is 0.151. The topological polar surface area (TPSA) is 53.6 Å². The molecule has 130 valence electrons. The summed E-state index contributed by atoms with van der Waals surface area (Å²) in [6, 6.07) is 18.9. The molecule has 2 heterocycles. The molecule has 0 aliphatic rings. The quantitative estimate of drug-likeness (QED) is 0.504. The number of benzene rings is 2. The van der Waals surface area contributed by atoms with Gasteiger partial charge < -0.3 is 10.3 Å². The van der Waals surface area contributed by atoms with Gasteiger partial charge in [0, 0.05) is 28.4 Å². The highest BCUT2D eigenvalue weighted by Crippen LogP contribution is 2.27. The fourth-order valence-electron chi connectivity index (χ4n) is 3.03. The van der Waals surface area contributed by atoms with E-state index in [-0.39, 0.29) is 5.41 Å². The van der Waals surface area contributed by atoms with Crippen molar-refractivity contribution in [2.75, 3.05) is 5.32 Å². The monoisotopic (exact) mass is 342 g/mol. The van der Waals surface area contributed by atoms with Crippen LogP contribution < -0.4 is 5.32 Å². The molecule has 0 saturated carbocycles. The number of nitrogens with one attached hydrogen (secondary N) is 2. The van der Waals surface area contributed by atoms with Gasteiger partial charge >= 0.3 is 0 Å². The van der Waals surface area contributed by atoms with Crippen LogP contribution in [0.1, 0.15) is 26.3 Å². The van der Waals surface area contributed by atoms with Crippen LogP contribution >= 0.6 is 0 Å². The molecule has 4 nitrogen and oxygen atoms in total. The molecule has 0 unspecified atom stereocenters. The molecule has 0 bridgehead atoms. The third kappa shape index (κ3) is 3.31. The lowest BCUT2D eigenvalue weighted by Crippen LogP contribution is -2.10. The van der Waals surface area contributed by atoms with Crippen LogP contribution in [-0.4, -0.2) is 15.2 Å². The first-order valence-corrected chi connectivity index (χ1v) is 8.77. The number of aromatic amines is 1. The molecule has 2 aromatic heterocycles. The first-order valence-electron chi connectivity index (χ1n) is 8.77. The number of hydrogen-bond acceptors (Lipinski definition) is 3. The van der Waals surface area contributed by atoms with E-state index in [1.54, 1.807) is 6.20 Å². The SMILES string of the molecule is CC(C)(C)c1ccc(-c2cnnc(Nc3ccc4[nH]ccc4c3)c2)cc1. The Balaban J connectivity index is 1.60. The Bertz CT molecular complexity index is 1040. The second kappa shape index (κ2) is 6.30. The minimum Gasteiger partial charge on any atom is -0.361 e. The third-order valence-electron chi connectivity index (χ3n) is 4.56. The highest BCUT2D eigenvalue weighted by molar-refractivity contribution is 5.84. The Hall–Kier alpha value is -3.14. The lowest BCUT2D eigenvalue weighted by molar-refractivity contribution is 0.590. The van der Waals surface area contributed by atoms with Gasteiger partial charge in [-0.2, -0.15) is 5.10 Å². The van der Waals surface area contributed by atoms with E-state index in [2.05, 4.69) is 83.7 Å². The highest BCUT2D eigenvalue weighted by atomic mass is 15.2. The first kappa shape index (κ1) is 16.3. The molecule has 0 fully saturated rings. The highest BCUT2D eigenvalue weighted by Gasteiger charge is 2.13. The van der Waals surface area contributed by atoms with Crippen LogP contribution in [0.5, 0.6) is 0 Å². The summed E-state index contributed by atoms with van der Waals surface area (Å²) in [6.45, 7) is 6.66. The fraction of sp³-hybridized carbons (Fsp3) is 0.182. The van der Waals surface area contributed by atoms with Gasteiger partial charge in [0.2, 0.25) is 0 Å². The smallest absolute Gasteiger partial charge is 0.153 e. The van der Waals surface area contributed by atoms with E-state index in [1.807, 2.05) is 18.3 Å². The predicted molar refractivity (Wildman–Crippen MR) is 108 cm³/mol. The molecular formula is C22H22N4. The Morgan fingerprint density at radius 3 is 2.46 bits per heavy atom. The zero-order valence-electron chi connectivity index (χ0n) is 15.2. The molecule has 26 heavy (non-hydrogen) atoms. The number of fused-ring (bicyclic) bond motifs is 1. The average molecular weight is 342 g/mol. The normalized spacial score (nSPS) is 11.7. The van der Waals surface area contributed by atoms with Crippen molar-refractivity contribution in [3.8, 4) is 11.1 Å². The van der Waals surface area contributed by atoms with E-state index in [4.69, 9.17) is 0 Å². The van der Waals surface area contributed by atoms with Crippen molar-refractivity contribution >= 4 is 22.4 Å². The number of nitrogens with zero attached hydrogens (tertiary/aromatic N) is 2. The zero-order chi connectivity index (χ0) is 18.1. The van der Waals surface area contributed by atoms with E-state index in [9.17, 15) is 0 Å². The number of H-pyrrole nitrogens is 1. The molecular weight excluding hydrogens is 320 g/mol. The van der Waals surface area contributed by atoms with Crippen LogP contribution in [0.15, 0.2) is 67.0 Å². The summed E-state index contributed by atoms with van der Waals surface area (Å²) in [4.78, 5) is 3.20. The van der Waals surface area contributed by atoms with Crippen molar-refractivity contribution in [1.82, 2.24) is 15.2 Å². The van der Waals surface area contributed by atoms with Gasteiger partial charge in [-0.3, -0.25) is 0 Å². The van der Waals surface area contributed by atoms with Crippen LogP contribution in [0.25, 0.3) is 22.0 Å². The molecule has 2 aromatic carbocycles. The number of anilines is 2. The second-order valence-corrected chi connectivity index (χ2v) is 7.56. The molecule has 0 amide bonds. The largest absolute Gasteiger partial charge is 0.361 e. The molecule has 0 saturated heterocycles. The van der Waals surface area contributed by atoms with Gasteiger partial charge in [-0.1, -0.05) is 45.0 Å². The maximum absolute atomic E-state index is 4.22. The summed E-state index contributed by atoms with van der Waals surface area (Å²) in [6.07, 6.45) is 3.74. The van der Waals surface area contributed by atoms with Gasteiger partial charge in [0.15, 0.2) is 5.82 Å². The summed E-state index contributed by atoms with van der Waals surface area (Å²) >= 11 is 0. The number of aromatic nitrogens is 3. The van der Waals surface area contributed by atoms with E-state index >= 15 is 0 Å². The molecule has 0 atom stereocenters. The van der Waals surface area contributed by atoms with Crippen LogP contribution in [0.2, 0.25) is 0 Å². The van der Waals surface area contributed by atoms with Crippen LogP contribution in [0, 0.1) is 0 Å². The number of rotatable bonds is 3. The number of hydrogen-bond donors (Lipinski definition) is 2. The molecule has 0 spiro atoms. The van der Waals surface area contributed by atoms with Crippen molar-refractivity contribution in [3.05, 3.63) is 72.6 Å². The second-order valence-electron chi connectivity index (χ2n) is 7.56. The lowest BCUT2D eigenvalue weighted by Gasteiger charge is -2.19. The predicted octanol–water partition coefficient (Wildman–Crippen LogP) is 5.67. The van der Waals surface area contributed by atoms with Crippen LogP contribution in [0.3, 0.4) is 0 Å². The van der Waals surface area contributed by atoms with Crippen LogP contribution in [0.4, 0.5) is 11.5 Å². The summed E-state index contributed by atoms with van der Waals surface area (Å²) in [5.41, 5.74) is 5.77. The van der Waals surface area contributed by atoms with E-state index in [0.29, 0.717) is 0 Å².